The van der Waals surface area contributed by atoms with E-state index < -0.39 is 0 Å². The summed E-state index contributed by atoms with van der Waals surface area (Å²) in [6.45, 7) is 3.86. The van der Waals surface area contributed by atoms with Gasteiger partial charge in [-0.15, -0.1) is 24.0 Å². The summed E-state index contributed by atoms with van der Waals surface area (Å²) in [7, 11) is 5.35. The number of nitrogens with one attached hydrogen (secondary N) is 2. The number of hydrogen-bond donors (Lipinski definition) is 2. The lowest BCUT2D eigenvalue weighted by Gasteiger charge is -2.29. The van der Waals surface area contributed by atoms with Gasteiger partial charge in [0.25, 0.3) is 5.91 Å². The first-order chi connectivity index (χ1) is 15.1. The van der Waals surface area contributed by atoms with Crippen molar-refractivity contribution in [2.45, 2.75) is 25.3 Å². The second-order valence-corrected chi connectivity index (χ2v) is 8.20. The second kappa shape index (κ2) is 13.4. The van der Waals surface area contributed by atoms with Gasteiger partial charge in [-0.25, -0.2) is 0 Å². The first-order valence-electron chi connectivity index (χ1n) is 11.1. The number of likely N-dealkylation sites (tertiary alicyclic amines) is 1. The number of carbonyl (C=O) groups is 1. The molecule has 0 aromatic heterocycles. The molecule has 0 aliphatic carbocycles. The molecule has 0 spiro atoms. The molecule has 2 N–H and O–H groups in total. The number of nitrogens with zero attached hydrogens (tertiary/aromatic N) is 3. The van der Waals surface area contributed by atoms with Crippen molar-refractivity contribution in [1.29, 1.82) is 0 Å². The SMILES string of the molecule is CN=C(NCCc1cccc(C(=O)N(C)C)c1)NCC(c1ccccc1)N1CCCC1.I. The second-order valence-electron chi connectivity index (χ2n) is 8.20. The van der Waals surface area contributed by atoms with E-state index in [0.717, 1.165) is 49.7 Å². The van der Waals surface area contributed by atoms with E-state index in [0.29, 0.717) is 6.04 Å². The maximum atomic E-state index is 12.2. The molecule has 1 aliphatic heterocycles. The predicted molar refractivity (Wildman–Crippen MR) is 143 cm³/mol. The molecule has 2 aromatic carbocycles. The van der Waals surface area contributed by atoms with Crippen molar-refractivity contribution < 1.29 is 4.79 Å². The lowest BCUT2D eigenvalue weighted by Crippen LogP contribution is -2.43. The van der Waals surface area contributed by atoms with E-state index in [1.807, 2.05) is 18.2 Å². The fourth-order valence-electron chi connectivity index (χ4n) is 4.04. The van der Waals surface area contributed by atoms with Crippen LogP contribution in [0.1, 0.15) is 40.4 Å². The topological polar surface area (TPSA) is 60.0 Å². The van der Waals surface area contributed by atoms with Crippen molar-refractivity contribution in [3.8, 4) is 0 Å². The van der Waals surface area contributed by atoms with Crippen LogP contribution < -0.4 is 10.6 Å². The Kier molecular flexibility index (Phi) is 11.0. The van der Waals surface area contributed by atoms with Crippen molar-refractivity contribution in [2.24, 2.45) is 4.99 Å². The highest BCUT2D eigenvalue weighted by Crippen LogP contribution is 2.24. The molecule has 1 amide bonds. The number of rotatable bonds is 8. The largest absolute Gasteiger partial charge is 0.356 e. The van der Waals surface area contributed by atoms with Crippen LogP contribution in [0.25, 0.3) is 0 Å². The summed E-state index contributed by atoms with van der Waals surface area (Å²) in [5.41, 5.74) is 3.20. The van der Waals surface area contributed by atoms with Gasteiger partial charge >= 0.3 is 0 Å². The van der Waals surface area contributed by atoms with Gasteiger partial charge in [0.05, 0.1) is 6.04 Å². The molecular weight excluding hydrogens is 513 g/mol. The van der Waals surface area contributed by atoms with Crippen LogP contribution in [0.5, 0.6) is 0 Å². The highest BCUT2D eigenvalue weighted by molar-refractivity contribution is 14.0. The van der Waals surface area contributed by atoms with Gasteiger partial charge in [-0.1, -0.05) is 42.5 Å². The van der Waals surface area contributed by atoms with E-state index in [-0.39, 0.29) is 29.9 Å². The van der Waals surface area contributed by atoms with Gasteiger partial charge in [0.2, 0.25) is 0 Å². The summed E-state index contributed by atoms with van der Waals surface area (Å²) in [4.78, 5) is 20.7. The Morgan fingerprint density at radius 2 is 1.78 bits per heavy atom. The van der Waals surface area contributed by atoms with Gasteiger partial charge in [0, 0.05) is 39.8 Å². The maximum Gasteiger partial charge on any atom is 0.253 e. The minimum absolute atomic E-state index is 0. The fourth-order valence-corrected chi connectivity index (χ4v) is 4.04. The van der Waals surface area contributed by atoms with Crippen molar-refractivity contribution in [3.63, 3.8) is 0 Å². The third kappa shape index (κ3) is 7.48. The molecule has 1 atom stereocenters. The molecule has 3 rings (SSSR count). The molecule has 1 unspecified atom stereocenters. The number of amides is 1. The molecule has 0 radical (unpaired) electrons. The quantitative estimate of drug-likeness (QED) is 0.301. The molecule has 0 bridgehead atoms. The minimum Gasteiger partial charge on any atom is -0.356 e. The summed E-state index contributed by atoms with van der Waals surface area (Å²) >= 11 is 0. The first kappa shape index (κ1) is 26.1. The number of guanidine groups is 1. The Bertz CT molecular complexity index is 866. The molecule has 1 aliphatic rings. The molecular formula is C25H36IN5O. The average Bonchev–Trinajstić information content (AvgIpc) is 3.33. The Labute approximate surface area is 209 Å². The Balaban J connectivity index is 0.00000363. The average molecular weight is 550 g/mol. The monoisotopic (exact) mass is 549 g/mol. The van der Waals surface area contributed by atoms with E-state index in [4.69, 9.17) is 0 Å². The zero-order valence-corrected chi connectivity index (χ0v) is 21.7. The maximum absolute atomic E-state index is 12.2. The Morgan fingerprint density at radius 1 is 1.06 bits per heavy atom. The van der Waals surface area contributed by atoms with E-state index in [1.54, 1.807) is 26.0 Å². The van der Waals surface area contributed by atoms with Crippen LogP contribution in [0.15, 0.2) is 59.6 Å². The van der Waals surface area contributed by atoms with Crippen LogP contribution in [0.3, 0.4) is 0 Å². The molecule has 1 saturated heterocycles. The molecule has 7 heteroatoms. The number of hydrogen-bond acceptors (Lipinski definition) is 3. The van der Waals surface area contributed by atoms with E-state index >= 15 is 0 Å². The highest BCUT2D eigenvalue weighted by atomic mass is 127. The van der Waals surface area contributed by atoms with Crippen LogP contribution in [-0.2, 0) is 6.42 Å². The zero-order chi connectivity index (χ0) is 22.1. The molecule has 0 saturated carbocycles. The van der Waals surface area contributed by atoms with Gasteiger partial charge in [-0.05, 0) is 55.6 Å². The Morgan fingerprint density at radius 3 is 2.44 bits per heavy atom. The van der Waals surface area contributed by atoms with Crippen LogP contribution >= 0.6 is 24.0 Å². The minimum atomic E-state index is 0. The summed E-state index contributed by atoms with van der Waals surface area (Å²) in [6, 6.07) is 18.9. The fraction of sp³-hybridized carbons (Fsp3) is 0.440. The van der Waals surface area contributed by atoms with E-state index in [1.165, 1.54) is 18.4 Å². The smallest absolute Gasteiger partial charge is 0.253 e. The number of carbonyl (C=O) groups excluding carboxylic acids is 1. The standard InChI is InChI=1S/C25H35N5O.HI/c1-26-25(27-15-14-20-10-9-13-22(18-20)24(31)29(2)3)28-19-23(30-16-7-8-17-30)21-11-5-4-6-12-21;/h4-6,9-13,18,23H,7-8,14-17,19H2,1-3H3,(H2,26,27,28);1H. The van der Waals surface area contributed by atoms with Gasteiger partial charge < -0.3 is 15.5 Å². The third-order valence-corrected chi connectivity index (χ3v) is 5.74. The summed E-state index contributed by atoms with van der Waals surface area (Å²) < 4.78 is 0. The first-order valence-corrected chi connectivity index (χ1v) is 11.1. The van der Waals surface area contributed by atoms with Crippen molar-refractivity contribution >= 4 is 35.8 Å². The summed E-state index contributed by atoms with van der Waals surface area (Å²) in [6.07, 6.45) is 3.36. The molecule has 1 heterocycles. The van der Waals surface area contributed by atoms with E-state index in [2.05, 4.69) is 56.9 Å². The molecule has 174 valence electrons. The van der Waals surface area contributed by atoms with Gasteiger partial charge in [0.15, 0.2) is 5.96 Å². The normalized spacial score (nSPS) is 15.0. The number of aliphatic imine (C=N–C) groups is 1. The van der Waals surface area contributed by atoms with Crippen LogP contribution in [-0.4, -0.2) is 69.0 Å². The highest BCUT2D eigenvalue weighted by Gasteiger charge is 2.23. The van der Waals surface area contributed by atoms with Crippen LogP contribution in [0, 0.1) is 0 Å². The van der Waals surface area contributed by atoms with Crippen molar-refractivity contribution in [3.05, 3.63) is 71.3 Å². The van der Waals surface area contributed by atoms with Crippen molar-refractivity contribution in [1.82, 2.24) is 20.4 Å². The zero-order valence-electron chi connectivity index (χ0n) is 19.4. The summed E-state index contributed by atoms with van der Waals surface area (Å²) in [5, 5.41) is 6.92. The Hall–Kier alpha value is -2.13. The molecule has 6 nitrogen and oxygen atoms in total. The van der Waals surface area contributed by atoms with Gasteiger partial charge in [-0.2, -0.15) is 0 Å². The van der Waals surface area contributed by atoms with Crippen LogP contribution in [0.2, 0.25) is 0 Å². The lowest BCUT2D eigenvalue weighted by molar-refractivity contribution is 0.0827. The van der Waals surface area contributed by atoms with Gasteiger partial charge in [0.1, 0.15) is 0 Å². The molecule has 32 heavy (non-hydrogen) atoms. The molecule has 2 aromatic rings. The molecule has 1 fully saturated rings. The summed E-state index contributed by atoms with van der Waals surface area (Å²) in [5.74, 6) is 0.835. The number of halogens is 1. The predicted octanol–water partition coefficient (Wildman–Crippen LogP) is 3.55. The van der Waals surface area contributed by atoms with Gasteiger partial charge in [-0.3, -0.25) is 14.7 Å². The van der Waals surface area contributed by atoms with Crippen LogP contribution in [0.4, 0.5) is 0 Å². The van der Waals surface area contributed by atoms with E-state index in [9.17, 15) is 4.79 Å². The van der Waals surface area contributed by atoms with Crippen molar-refractivity contribution in [2.75, 3.05) is 47.3 Å². The lowest BCUT2D eigenvalue weighted by atomic mass is 10.1. The third-order valence-electron chi connectivity index (χ3n) is 5.74. The number of benzene rings is 2.